The standard InChI is InChI=1S/C15H20ClNO4/c1-10-9-12(16)6-7-13(10)21-11(2)15(20)17-8-4-3-5-14(18)19/h6-7,9,11H,3-5,8H2,1-2H3,(H,17,20)(H,18,19). The molecular weight excluding hydrogens is 294 g/mol. The molecule has 0 aliphatic carbocycles. The maximum absolute atomic E-state index is 11.8. The van der Waals surface area contributed by atoms with E-state index in [4.69, 9.17) is 21.4 Å². The molecule has 1 aromatic carbocycles. The highest BCUT2D eigenvalue weighted by Gasteiger charge is 2.15. The molecule has 0 aliphatic heterocycles. The number of hydrogen-bond donors (Lipinski definition) is 2. The highest BCUT2D eigenvalue weighted by atomic mass is 35.5. The Morgan fingerprint density at radius 2 is 2.10 bits per heavy atom. The SMILES string of the molecule is Cc1cc(Cl)ccc1OC(C)C(=O)NCCCCC(=O)O. The van der Waals surface area contributed by atoms with Gasteiger partial charge in [-0.05, 0) is 50.5 Å². The summed E-state index contributed by atoms with van der Waals surface area (Å²) in [6.07, 6.45) is 0.668. The predicted molar refractivity (Wildman–Crippen MR) is 80.8 cm³/mol. The molecule has 1 amide bonds. The second-order valence-corrected chi connectivity index (χ2v) is 5.25. The Balaban J connectivity index is 2.35. The van der Waals surface area contributed by atoms with Crippen molar-refractivity contribution in [2.75, 3.05) is 6.54 Å². The first kappa shape index (κ1) is 17.3. The zero-order valence-corrected chi connectivity index (χ0v) is 12.9. The smallest absolute Gasteiger partial charge is 0.303 e. The fourth-order valence-corrected chi connectivity index (χ4v) is 1.97. The zero-order chi connectivity index (χ0) is 15.8. The van der Waals surface area contributed by atoms with E-state index >= 15 is 0 Å². The number of amides is 1. The maximum Gasteiger partial charge on any atom is 0.303 e. The number of carboxylic acid groups (broad SMARTS) is 1. The minimum atomic E-state index is -0.823. The first-order valence-corrected chi connectivity index (χ1v) is 7.20. The molecule has 0 bridgehead atoms. The van der Waals surface area contributed by atoms with Crippen LogP contribution in [-0.2, 0) is 9.59 Å². The molecule has 116 valence electrons. The van der Waals surface area contributed by atoms with E-state index in [1.807, 2.05) is 6.92 Å². The molecule has 1 atom stereocenters. The van der Waals surface area contributed by atoms with Crippen LogP contribution in [0.2, 0.25) is 5.02 Å². The van der Waals surface area contributed by atoms with E-state index in [9.17, 15) is 9.59 Å². The summed E-state index contributed by atoms with van der Waals surface area (Å²) in [4.78, 5) is 22.2. The third kappa shape index (κ3) is 6.49. The van der Waals surface area contributed by atoms with Crippen molar-refractivity contribution in [3.05, 3.63) is 28.8 Å². The number of aliphatic carboxylic acids is 1. The van der Waals surface area contributed by atoms with Crippen LogP contribution in [0, 0.1) is 6.92 Å². The minimum Gasteiger partial charge on any atom is -0.481 e. The van der Waals surface area contributed by atoms with E-state index in [0.717, 1.165) is 5.56 Å². The van der Waals surface area contributed by atoms with Crippen molar-refractivity contribution >= 4 is 23.5 Å². The number of nitrogens with one attached hydrogen (secondary N) is 1. The van der Waals surface area contributed by atoms with E-state index in [0.29, 0.717) is 30.2 Å². The lowest BCUT2D eigenvalue weighted by Crippen LogP contribution is -2.36. The summed E-state index contributed by atoms with van der Waals surface area (Å²) >= 11 is 5.86. The van der Waals surface area contributed by atoms with Gasteiger partial charge in [0.1, 0.15) is 5.75 Å². The summed E-state index contributed by atoms with van der Waals surface area (Å²) < 4.78 is 5.59. The van der Waals surface area contributed by atoms with Crippen LogP contribution >= 0.6 is 11.6 Å². The molecule has 5 nitrogen and oxygen atoms in total. The molecule has 1 aromatic rings. The highest BCUT2D eigenvalue weighted by molar-refractivity contribution is 6.30. The molecule has 0 radical (unpaired) electrons. The number of carboxylic acids is 1. The molecule has 0 heterocycles. The number of unbranched alkanes of at least 4 members (excludes halogenated alkanes) is 1. The molecule has 0 aliphatic rings. The van der Waals surface area contributed by atoms with Crippen molar-refractivity contribution in [2.45, 2.75) is 39.2 Å². The topological polar surface area (TPSA) is 75.6 Å². The molecule has 0 spiro atoms. The van der Waals surface area contributed by atoms with Gasteiger partial charge in [0.25, 0.3) is 5.91 Å². The first-order chi connectivity index (χ1) is 9.90. The van der Waals surface area contributed by atoms with Gasteiger partial charge in [-0.1, -0.05) is 11.6 Å². The van der Waals surface area contributed by atoms with Crippen molar-refractivity contribution < 1.29 is 19.4 Å². The Hall–Kier alpha value is -1.75. The van der Waals surface area contributed by atoms with Crippen LogP contribution in [0.4, 0.5) is 0 Å². The Morgan fingerprint density at radius 3 is 2.71 bits per heavy atom. The predicted octanol–water partition coefficient (Wildman–Crippen LogP) is 2.79. The van der Waals surface area contributed by atoms with Gasteiger partial charge in [-0.2, -0.15) is 0 Å². The lowest BCUT2D eigenvalue weighted by molar-refractivity contribution is -0.137. The second-order valence-electron chi connectivity index (χ2n) is 4.81. The second kappa shape index (κ2) is 8.52. The third-order valence-corrected chi connectivity index (χ3v) is 3.16. The van der Waals surface area contributed by atoms with Crippen LogP contribution in [0.5, 0.6) is 5.75 Å². The van der Waals surface area contributed by atoms with Crippen molar-refractivity contribution in [3.63, 3.8) is 0 Å². The van der Waals surface area contributed by atoms with E-state index in [2.05, 4.69) is 5.32 Å². The van der Waals surface area contributed by atoms with Gasteiger partial charge in [0.2, 0.25) is 0 Å². The van der Waals surface area contributed by atoms with Gasteiger partial charge in [0.15, 0.2) is 6.10 Å². The van der Waals surface area contributed by atoms with E-state index < -0.39 is 12.1 Å². The maximum atomic E-state index is 11.8. The number of aryl methyl sites for hydroxylation is 1. The zero-order valence-electron chi connectivity index (χ0n) is 12.2. The largest absolute Gasteiger partial charge is 0.481 e. The van der Waals surface area contributed by atoms with Crippen LogP contribution in [0.3, 0.4) is 0 Å². The summed E-state index contributed by atoms with van der Waals surface area (Å²) in [7, 11) is 0. The van der Waals surface area contributed by atoms with Crippen molar-refractivity contribution in [3.8, 4) is 5.75 Å². The van der Waals surface area contributed by atoms with Crippen LogP contribution in [-0.4, -0.2) is 29.6 Å². The summed E-state index contributed by atoms with van der Waals surface area (Å²) in [5.41, 5.74) is 0.864. The number of halogens is 1. The molecule has 0 saturated carbocycles. The molecule has 2 N–H and O–H groups in total. The summed E-state index contributed by atoms with van der Waals surface area (Å²) in [5.74, 6) is -0.427. The number of carbonyl (C=O) groups excluding carboxylic acids is 1. The quantitative estimate of drug-likeness (QED) is 0.724. The monoisotopic (exact) mass is 313 g/mol. The molecule has 6 heteroatoms. The molecular formula is C15H20ClNO4. The van der Waals surface area contributed by atoms with Crippen molar-refractivity contribution in [2.24, 2.45) is 0 Å². The average Bonchev–Trinajstić information content (AvgIpc) is 2.40. The minimum absolute atomic E-state index is 0.117. The average molecular weight is 314 g/mol. The lowest BCUT2D eigenvalue weighted by atomic mass is 10.2. The van der Waals surface area contributed by atoms with Gasteiger partial charge in [-0.15, -0.1) is 0 Å². The summed E-state index contributed by atoms with van der Waals surface area (Å²) in [5, 5.41) is 11.8. The number of carbonyl (C=O) groups is 2. The Morgan fingerprint density at radius 1 is 1.38 bits per heavy atom. The van der Waals surface area contributed by atoms with Crippen molar-refractivity contribution in [1.82, 2.24) is 5.32 Å². The molecule has 0 saturated heterocycles. The number of ether oxygens (including phenoxy) is 1. The molecule has 1 unspecified atom stereocenters. The van der Waals surface area contributed by atoms with Crippen LogP contribution in [0.25, 0.3) is 0 Å². The van der Waals surface area contributed by atoms with Gasteiger partial charge in [-0.3, -0.25) is 9.59 Å². The Bertz CT molecular complexity index is 504. The van der Waals surface area contributed by atoms with Gasteiger partial charge in [-0.25, -0.2) is 0 Å². The highest BCUT2D eigenvalue weighted by Crippen LogP contribution is 2.22. The van der Waals surface area contributed by atoms with Gasteiger partial charge >= 0.3 is 5.97 Å². The van der Waals surface area contributed by atoms with Gasteiger partial charge in [0, 0.05) is 18.0 Å². The number of hydrogen-bond acceptors (Lipinski definition) is 3. The third-order valence-electron chi connectivity index (χ3n) is 2.93. The van der Waals surface area contributed by atoms with Gasteiger partial charge in [0.05, 0.1) is 0 Å². The lowest BCUT2D eigenvalue weighted by Gasteiger charge is -2.16. The number of rotatable bonds is 8. The van der Waals surface area contributed by atoms with E-state index in [-0.39, 0.29) is 12.3 Å². The first-order valence-electron chi connectivity index (χ1n) is 6.82. The fraction of sp³-hybridized carbons (Fsp3) is 0.467. The van der Waals surface area contributed by atoms with Crippen LogP contribution in [0.1, 0.15) is 31.7 Å². The Labute approximate surface area is 129 Å². The molecule has 1 rings (SSSR count). The molecule has 0 aromatic heterocycles. The molecule has 21 heavy (non-hydrogen) atoms. The van der Waals surface area contributed by atoms with E-state index in [1.54, 1.807) is 25.1 Å². The summed E-state index contributed by atoms with van der Waals surface area (Å²) in [6, 6.07) is 5.21. The summed E-state index contributed by atoms with van der Waals surface area (Å²) in [6.45, 7) is 3.97. The van der Waals surface area contributed by atoms with E-state index in [1.165, 1.54) is 0 Å². The fourth-order valence-electron chi connectivity index (χ4n) is 1.75. The molecule has 0 fully saturated rings. The van der Waals surface area contributed by atoms with Crippen molar-refractivity contribution in [1.29, 1.82) is 0 Å². The normalized spacial score (nSPS) is 11.8. The Kier molecular flexibility index (Phi) is 7.02. The van der Waals surface area contributed by atoms with Gasteiger partial charge < -0.3 is 15.2 Å². The number of benzene rings is 1. The van der Waals surface area contributed by atoms with Crippen LogP contribution < -0.4 is 10.1 Å². The van der Waals surface area contributed by atoms with Crippen LogP contribution in [0.15, 0.2) is 18.2 Å².